The Labute approximate surface area is 80.8 Å². The Morgan fingerprint density at radius 2 is 2.21 bits per heavy atom. The van der Waals surface area contributed by atoms with Crippen molar-refractivity contribution in [2.75, 3.05) is 0 Å². The Kier molecular flexibility index (Phi) is 3.19. The molecule has 0 aliphatic rings. The molecule has 0 fully saturated rings. The van der Waals surface area contributed by atoms with Crippen molar-refractivity contribution in [3.05, 3.63) is 35.1 Å². The first kappa shape index (κ1) is 10.7. The van der Waals surface area contributed by atoms with Crippen molar-refractivity contribution >= 4 is 5.97 Å². The van der Waals surface area contributed by atoms with Gasteiger partial charge >= 0.3 is 5.97 Å². The van der Waals surface area contributed by atoms with E-state index in [1.165, 1.54) is 25.1 Å². The largest absolute Gasteiger partial charge is 0.481 e. The number of hydrogen-bond acceptors (Lipinski definition) is 2. The molecule has 2 N–H and O–H groups in total. The van der Waals surface area contributed by atoms with Crippen molar-refractivity contribution in [3.8, 4) is 0 Å². The number of carboxylic acids is 1. The van der Waals surface area contributed by atoms with Gasteiger partial charge in [-0.15, -0.1) is 0 Å². The van der Waals surface area contributed by atoms with Crippen LogP contribution in [0.25, 0.3) is 0 Å². The van der Waals surface area contributed by atoms with E-state index in [4.69, 9.17) is 5.11 Å². The lowest BCUT2D eigenvalue weighted by Crippen LogP contribution is -2.07. The number of aliphatic carboxylic acids is 1. The highest BCUT2D eigenvalue weighted by atomic mass is 19.1. The van der Waals surface area contributed by atoms with Crippen LogP contribution in [0.4, 0.5) is 4.39 Å². The summed E-state index contributed by atoms with van der Waals surface area (Å²) in [5, 5.41) is 17.9. The van der Waals surface area contributed by atoms with Gasteiger partial charge in [-0.3, -0.25) is 4.79 Å². The molecule has 1 unspecified atom stereocenters. The maximum atomic E-state index is 13.0. The molecule has 0 aromatic heterocycles. The first-order valence-electron chi connectivity index (χ1n) is 4.17. The Bertz CT molecular complexity index is 349. The van der Waals surface area contributed by atoms with Crippen LogP contribution in [0.2, 0.25) is 0 Å². The van der Waals surface area contributed by atoms with Gasteiger partial charge in [0.15, 0.2) is 0 Å². The highest BCUT2D eigenvalue weighted by Crippen LogP contribution is 2.22. The number of carboxylic acid groups (broad SMARTS) is 1. The normalized spacial score (nSPS) is 12.5. The number of halogens is 1. The Morgan fingerprint density at radius 1 is 1.57 bits per heavy atom. The molecule has 3 nitrogen and oxygen atoms in total. The predicted octanol–water partition coefficient (Wildman–Crippen LogP) is 1.64. The Morgan fingerprint density at radius 3 is 2.79 bits per heavy atom. The van der Waals surface area contributed by atoms with Gasteiger partial charge in [-0.25, -0.2) is 4.39 Å². The van der Waals surface area contributed by atoms with Gasteiger partial charge in [0.05, 0.1) is 12.5 Å². The second-order valence-electron chi connectivity index (χ2n) is 3.07. The zero-order valence-electron chi connectivity index (χ0n) is 7.70. The van der Waals surface area contributed by atoms with Gasteiger partial charge in [0.1, 0.15) is 5.82 Å². The molecule has 0 saturated heterocycles. The fourth-order valence-corrected chi connectivity index (χ4v) is 1.26. The summed E-state index contributed by atoms with van der Waals surface area (Å²) in [6, 6.07) is 4.24. The van der Waals surface area contributed by atoms with E-state index in [2.05, 4.69) is 0 Å². The first-order chi connectivity index (χ1) is 6.52. The van der Waals surface area contributed by atoms with Crippen molar-refractivity contribution in [2.45, 2.75) is 19.4 Å². The highest BCUT2D eigenvalue weighted by molar-refractivity contribution is 5.67. The van der Waals surface area contributed by atoms with Gasteiger partial charge in [-0.1, -0.05) is 12.1 Å². The van der Waals surface area contributed by atoms with Crippen LogP contribution in [0.5, 0.6) is 0 Å². The smallest absolute Gasteiger partial charge is 0.306 e. The Balaban J connectivity index is 2.95. The van der Waals surface area contributed by atoms with Crippen LogP contribution < -0.4 is 0 Å². The second kappa shape index (κ2) is 4.19. The monoisotopic (exact) mass is 198 g/mol. The minimum atomic E-state index is -1.15. The first-order valence-corrected chi connectivity index (χ1v) is 4.17. The highest BCUT2D eigenvalue weighted by Gasteiger charge is 2.15. The maximum Gasteiger partial charge on any atom is 0.306 e. The fraction of sp³-hybridized carbons (Fsp3) is 0.300. The summed E-state index contributed by atoms with van der Waals surface area (Å²) in [4.78, 5) is 10.3. The van der Waals surface area contributed by atoms with E-state index in [-0.39, 0.29) is 0 Å². The molecule has 0 aliphatic heterocycles. The zero-order chi connectivity index (χ0) is 10.7. The van der Waals surface area contributed by atoms with Crippen molar-refractivity contribution in [2.24, 2.45) is 0 Å². The molecule has 0 radical (unpaired) electrons. The van der Waals surface area contributed by atoms with Gasteiger partial charge in [0.2, 0.25) is 0 Å². The van der Waals surface area contributed by atoms with E-state index in [0.717, 1.165) is 0 Å². The summed E-state index contributed by atoms with van der Waals surface area (Å²) < 4.78 is 13.0. The van der Waals surface area contributed by atoms with Crippen molar-refractivity contribution in [1.82, 2.24) is 0 Å². The lowest BCUT2D eigenvalue weighted by molar-refractivity contribution is -0.139. The van der Waals surface area contributed by atoms with E-state index in [1.54, 1.807) is 0 Å². The molecule has 0 bridgehead atoms. The number of aliphatic hydroxyl groups excluding tert-OH is 1. The number of rotatable bonds is 3. The molecular formula is C10H11FO3. The molecule has 1 aromatic rings. The lowest BCUT2D eigenvalue weighted by atomic mass is 10.0. The zero-order valence-corrected chi connectivity index (χ0v) is 7.70. The topological polar surface area (TPSA) is 57.5 Å². The molecule has 1 atom stereocenters. The number of hydrogen-bond donors (Lipinski definition) is 2. The lowest BCUT2D eigenvalue weighted by Gasteiger charge is -2.11. The molecule has 0 aliphatic carbocycles. The fourth-order valence-electron chi connectivity index (χ4n) is 1.26. The number of benzene rings is 1. The third-order valence-corrected chi connectivity index (χ3v) is 2.04. The van der Waals surface area contributed by atoms with Crippen LogP contribution in [0, 0.1) is 12.7 Å². The summed E-state index contributed by atoms with van der Waals surface area (Å²) in [6.45, 7) is 1.51. The molecule has 0 saturated carbocycles. The molecule has 4 heteroatoms. The van der Waals surface area contributed by atoms with Gasteiger partial charge in [-0.05, 0) is 24.1 Å². The SMILES string of the molecule is Cc1c(F)cccc1C(O)CC(=O)O. The van der Waals surface area contributed by atoms with Crippen molar-refractivity contribution in [1.29, 1.82) is 0 Å². The molecule has 1 aromatic carbocycles. The van der Waals surface area contributed by atoms with E-state index in [1.807, 2.05) is 0 Å². The molecule has 14 heavy (non-hydrogen) atoms. The Hall–Kier alpha value is -1.42. The van der Waals surface area contributed by atoms with E-state index < -0.39 is 24.3 Å². The van der Waals surface area contributed by atoms with Crippen molar-refractivity contribution in [3.63, 3.8) is 0 Å². The quantitative estimate of drug-likeness (QED) is 0.776. The van der Waals surface area contributed by atoms with E-state index in [9.17, 15) is 14.3 Å². The summed E-state index contributed by atoms with van der Waals surface area (Å²) in [5.74, 6) is -1.55. The molecule has 76 valence electrons. The predicted molar refractivity (Wildman–Crippen MR) is 48.3 cm³/mol. The molecule has 0 heterocycles. The summed E-state index contributed by atoms with van der Waals surface area (Å²) >= 11 is 0. The third-order valence-electron chi connectivity index (χ3n) is 2.04. The van der Waals surface area contributed by atoms with Gasteiger partial charge in [0.25, 0.3) is 0 Å². The number of aliphatic hydroxyl groups is 1. The van der Waals surface area contributed by atoms with Crippen LogP contribution >= 0.6 is 0 Å². The second-order valence-corrected chi connectivity index (χ2v) is 3.07. The van der Waals surface area contributed by atoms with Crippen LogP contribution in [0.1, 0.15) is 23.7 Å². The molecular weight excluding hydrogens is 187 g/mol. The van der Waals surface area contributed by atoms with E-state index >= 15 is 0 Å². The average molecular weight is 198 g/mol. The molecule has 0 amide bonds. The van der Waals surface area contributed by atoms with Gasteiger partial charge in [-0.2, -0.15) is 0 Å². The minimum absolute atomic E-state index is 0.293. The maximum absolute atomic E-state index is 13.0. The van der Waals surface area contributed by atoms with Crippen LogP contribution in [0.15, 0.2) is 18.2 Å². The van der Waals surface area contributed by atoms with Gasteiger partial charge < -0.3 is 10.2 Å². The van der Waals surface area contributed by atoms with Crippen LogP contribution in [0.3, 0.4) is 0 Å². The minimum Gasteiger partial charge on any atom is -0.481 e. The molecule has 1 rings (SSSR count). The summed E-state index contributed by atoms with van der Waals surface area (Å²) in [7, 11) is 0. The third kappa shape index (κ3) is 2.29. The molecule has 0 spiro atoms. The number of carbonyl (C=O) groups is 1. The van der Waals surface area contributed by atoms with Gasteiger partial charge in [0, 0.05) is 0 Å². The standard InChI is InChI=1S/C10H11FO3/c1-6-7(3-2-4-8(6)11)9(12)5-10(13)14/h2-4,9,12H,5H2,1H3,(H,13,14). The van der Waals surface area contributed by atoms with Crippen molar-refractivity contribution < 1.29 is 19.4 Å². The van der Waals surface area contributed by atoms with Crippen LogP contribution in [-0.4, -0.2) is 16.2 Å². The van der Waals surface area contributed by atoms with Crippen LogP contribution in [-0.2, 0) is 4.79 Å². The summed E-state index contributed by atoms with van der Waals surface area (Å²) in [5.41, 5.74) is 0.619. The van der Waals surface area contributed by atoms with E-state index in [0.29, 0.717) is 11.1 Å². The average Bonchev–Trinajstić information content (AvgIpc) is 2.08. The summed E-state index contributed by atoms with van der Waals surface area (Å²) in [6.07, 6.45) is -1.56.